The molecular weight excluding hydrogens is 382 g/mol. The van der Waals surface area contributed by atoms with E-state index in [0.29, 0.717) is 16.4 Å². The number of aromatic nitrogens is 2. The van der Waals surface area contributed by atoms with Gasteiger partial charge in [0.1, 0.15) is 0 Å². The van der Waals surface area contributed by atoms with Crippen LogP contribution in [-0.2, 0) is 0 Å². The van der Waals surface area contributed by atoms with E-state index in [9.17, 15) is 9.90 Å². The van der Waals surface area contributed by atoms with E-state index in [1.807, 2.05) is 72.8 Å². The van der Waals surface area contributed by atoms with E-state index in [1.54, 1.807) is 13.1 Å². The highest BCUT2D eigenvalue weighted by atomic mass is 32.1. The predicted octanol–water partition coefficient (Wildman–Crippen LogP) is 5.23. The number of ketones is 1. The molecule has 4 rings (SSSR count). The minimum atomic E-state index is -0.546. The molecule has 0 aliphatic rings. The van der Waals surface area contributed by atoms with Crippen molar-refractivity contribution in [2.75, 3.05) is 5.32 Å². The van der Waals surface area contributed by atoms with Gasteiger partial charge in [0.2, 0.25) is 11.7 Å². The quantitative estimate of drug-likeness (QED) is 0.433. The lowest BCUT2D eigenvalue weighted by molar-refractivity contribution is 0.104. The van der Waals surface area contributed by atoms with Crippen molar-refractivity contribution < 1.29 is 9.90 Å². The largest absolute Gasteiger partial charge is 0.389 e. The van der Waals surface area contributed by atoms with Crippen molar-refractivity contribution in [1.82, 2.24) is 9.97 Å². The molecule has 4 aromatic rings. The van der Waals surface area contributed by atoms with Gasteiger partial charge >= 0.3 is 0 Å². The summed E-state index contributed by atoms with van der Waals surface area (Å²) >= 11 is 1.41. The third-order valence-electron chi connectivity index (χ3n) is 4.40. The molecule has 0 amide bonds. The Kier molecular flexibility index (Phi) is 5.46. The van der Waals surface area contributed by atoms with Gasteiger partial charge < -0.3 is 10.4 Å². The molecule has 2 N–H and O–H groups in total. The molecule has 2 aromatic carbocycles. The number of thiophene rings is 1. The lowest BCUT2D eigenvalue weighted by Crippen LogP contribution is -1.99. The highest BCUT2D eigenvalue weighted by Crippen LogP contribution is 2.29. The second-order valence-electron chi connectivity index (χ2n) is 6.55. The molecule has 5 nitrogen and oxygen atoms in total. The number of carbonyl (C=O) groups is 1. The van der Waals surface area contributed by atoms with Crippen LogP contribution in [0.15, 0.2) is 79.0 Å². The van der Waals surface area contributed by atoms with E-state index in [4.69, 9.17) is 0 Å². The monoisotopic (exact) mass is 401 g/mol. The minimum absolute atomic E-state index is 0.00388. The van der Waals surface area contributed by atoms with Crippen LogP contribution in [0.2, 0.25) is 0 Å². The van der Waals surface area contributed by atoms with E-state index >= 15 is 0 Å². The second kappa shape index (κ2) is 8.34. The van der Waals surface area contributed by atoms with E-state index in [-0.39, 0.29) is 5.78 Å². The maximum absolute atomic E-state index is 12.6. The van der Waals surface area contributed by atoms with E-state index < -0.39 is 6.10 Å². The smallest absolute Gasteiger partial charge is 0.227 e. The molecule has 1 atom stereocenters. The third-order valence-corrected chi connectivity index (χ3v) is 5.51. The summed E-state index contributed by atoms with van der Waals surface area (Å²) in [6.45, 7) is 1.72. The van der Waals surface area contributed by atoms with Gasteiger partial charge in [-0.2, -0.15) is 0 Å². The van der Waals surface area contributed by atoms with Gasteiger partial charge in [-0.3, -0.25) is 4.79 Å². The fourth-order valence-electron chi connectivity index (χ4n) is 2.89. The molecule has 29 heavy (non-hydrogen) atoms. The summed E-state index contributed by atoms with van der Waals surface area (Å²) in [6, 6.07) is 22.3. The highest BCUT2D eigenvalue weighted by molar-refractivity contribution is 7.17. The van der Waals surface area contributed by atoms with Gasteiger partial charge in [-0.1, -0.05) is 42.5 Å². The first kappa shape index (κ1) is 19.0. The van der Waals surface area contributed by atoms with Crippen LogP contribution in [0.1, 0.15) is 33.8 Å². The third kappa shape index (κ3) is 4.39. The molecule has 2 heterocycles. The standard InChI is InChI=1S/C23H19N3O2S/c1-15(27)17-8-5-9-18(14-17)25-23-24-13-12-19(26-23)20-10-11-21(29-20)22(28)16-6-3-2-4-7-16/h2-15,27H,1H3,(H,24,25,26). The summed E-state index contributed by atoms with van der Waals surface area (Å²) in [4.78, 5) is 23.0. The van der Waals surface area contributed by atoms with Gasteiger partial charge in [-0.15, -0.1) is 11.3 Å². The molecule has 6 heteroatoms. The summed E-state index contributed by atoms with van der Waals surface area (Å²) in [7, 11) is 0. The number of benzene rings is 2. The van der Waals surface area contributed by atoms with Gasteiger partial charge in [-0.05, 0) is 42.8 Å². The summed E-state index contributed by atoms with van der Waals surface area (Å²) in [5.74, 6) is 0.457. The summed E-state index contributed by atoms with van der Waals surface area (Å²) in [5, 5.41) is 12.9. The maximum atomic E-state index is 12.6. The van der Waals surface area contributed by atoms with Gasteiger partial charge in [0.25, 0.3) is 0 Å². The lowest BCUT2D eigenvalue weighted by Gasteiger charge is -2.09. The normalized spacial score (nSPS) is 11.8. The number of nitrogens with zero attached hydrogens (tertiary/aromatic N) is 2. The van der Waals surface area contributed by atoms with Crippen molar-refractivity contribution in [1.29, 1.82) is 0 Å². The fourth-order valence-corrected chi connectivity index (χ4v) is 3.83. The molecule has 0 fully saturated rings. The van der Waals surface area contributed by atoms with Gasteiger partial charge in [0.05, 0.1) is 21.6 Å². The Balaban J connectivity index is 1.56. The Morgan fingerprint density at radius 2 is 1.86 bits per heavy atom. The Morgan fingerprint density at radius 1 is 1.03 bits per heavy atom. The van der Waals surface area contributed by atoms with Crippen LogP contribution >= 0.6 is 11.3 Å². The first-order valence-corrected chi connectivity index (χ1v) is 10.00. The van der Waals surface area contributed by atoms with Crippen molar-refractivity contribution >= 4 is 28.8 Å². The molecule has 0 bridgehead atoms. The van der Waals surface area contributed by atoms with E-state index in [2.05, 4.69) is 15.3 Å². The number of hydrogen-bond acceptors (Lipinski definition) is 6. The zero-order valence-electron chi connectivity index (χ0n) is 15.7. The van der Waals surface area contributed by atoms with Crippen molar-refractivity contribution in [3.8, 4) is 10.6 Å². The van der Waals surface area contributed by atoms with Gasteiger partial charge in [-0.25, -0.2) is 9.97 Å². The summed E-state index contributed by atoms with van der Waals surface area (Å²) in [5.41, 5.74) is 3.02. The summed E-state index contributed by atoms with van der Waals surface area (Å²) < 4.78 is 0. The number of anilines is 2. The van der Waals surface area contributed by atoms with Crippen molar-refractivity contribution in [2.45, 2.75) is 13.0 Å². The zero-order valence-corrected chi connectivity index (χ0v) is 16.6. The van der Waals surface area contributed by atoms with Crippen LogP contribution in [0.4, 0.5) is 11.6 Å². The number of aliphatic hydroxyl groups excluding tert-OH is 1. The van der Waals surface area contributed by atoms with Crippen LogP contribution in [0, 0.1) is 0 Å². The number of carbonyl (C=O) groups excluding carboxylic acids is 1. The van der Waals surface area contributed by atoms with Crippen LogP contribution in [0.3, 0.4) is 0 Å². The van der Waals surface area contributed by atoms with E-state index in [0.717, 1.165) is 21.8 Å². The molecule has 144 valence electrons. The lowest BCUT2D eigenvalue weighted by atomic mass is 10.1. The Hall–Kier alpha value is -3.35. The molecule has 0 aliphatic heterocycles. The number of aliphatic hydroxyl groups is 1. The number of rotatable bonds is 6. The molecule has 0 radical (unpaired) electrons. The number of nitrogens with one attached hydrogen (secondary N) is 1. The number of hydrogen-bond donors (Lipinski definition) is 2. The van der Waals surface area contributed by atoms with Crippen LogP contribution in [0.5, 0.6) is 0 Å². The Labute approximate surface area is 172 Å². The van der Waals surface area contributed by atoms with Gasteiger partial charge in [0, 0.05) is 17.4 Å². The predicted molar refractivity (Wildman–Crippen MR) is 116 cm³/mol. The minimum Gasteiger partial charge on any atom is -0.389 e. The zero-order chi connectivity index (χ0) is 20.2. The molecule has 0 saturated carbocycles. The summed E-state index contributed by atoms with van der Waals surface area (Å²) in [6.07, 6.45) is 1.14. The van der Waals surface area contributed by atoms with Crippen molar-refractivity contribution in [3.05, 3.63) is 95.0 Å². The first-order chi connectivity index (χ1) is 14.1. The second-order valence-corrected chi connectivity index (χ2v) is 7.63. The molecule has 0 spiro atoms. The van der Waals surface area contributed by atoms with Crippen LogP contribution in [-0.4, -0.2) is 20.9 Å². The Morgan fingerprint density at radius 3 is 2.66 bits per heavy atom. The first-order valence-electron chi connectivity index (χ1n) is 9.18. The molecule has 1 unspecified atom stereocenters. The maximum Gasteiger partial charge on any atom is 0.227 e. The molecule has 2 aromatic heterocycles. The SMILES string of the molecule is CC(O)c1cccc(Nc2nccc(-c3ccc(C(=O)c4ccccc4)s3)n2)c1. The molecule has 0 saturated heterocycles. The van der Waals surface area contributed by atoms with Gasteiger partial charge in [0.15, 0.2) is 0 Å². The average Bonchev–Trinajstić information content (AvgIpc) is 3.24. The van der Waals surface area contributed by atoms with Crippen molar-refractivity contribution in [3.63, 3.8) is 0 Å². The molecular formula is C23H19N3O2S. The highest BCUT2D eigenvalue weighted by Gasteiger charge is 2.13. The fraction of sp³-hybridized carbons (Fsp3) is 0.0870. The van der Waals surface area contributed by atoms with Crippen LogP contribution in [0.25, 0.3) is 10.6 Å². The van der Waals surface area contributed by atoms with Crippen LogP contribution < -0.4 is 5.32 Å². The topological polar surface area (TPSA) is 75.1 Å². The van der Waals surface area contributed by atoms with Crippen molar-refractivity contribution in [2.24, 2.45) is 0 Å². The average molecular weight is 401 g/mol. The van der Waals surface area contributed by atoms with E-state index in [1.165, 1.54) is 11.3 Å². The Bertz CT molecular complexity index is 1140. The molecule has 0 aliphatic carbocycles.